The third kappa shape index (κ3) is 3.95. The van der Waals surface area contributed by atoms with Crippen molar-refractivity contribution in [1.29, 1.82) is 0 Å². The van der Waals surface area contributed by atoms with Gasteiger partial charge in [0.2, 0.25) is 0 Å². The molecule has 0 fully saturated rings. The van der Waals surface area contributed by atoms with Crippen LogP contribution in [0.1, 0.15) is 36.5 Å². The quantitative estimate of drug-likeness (QED) is 0.724. The van der Waals surface area contributed by atoms with Crippen LogP contribution in [0, 0.1) is 13.8 Å². The molecular weight excluding hydrogens is 198 g/mol. The van der Waals surface area contributed by atoms with Crippen molar-refractivity contribution in [3.05, 3.63) is 34.9 Å². The maximum atomic E-state index is 9.41. The Hall–Kier alpha value is -0.860. The molecule has 0 saturated heterocycles. The van der Waals surface area contributed by atoms with Crippen molar-refractivity contribution >= 4 is 0 Å². The first-order chi connectivity index (χ1) is 7.65. The minimum Gasteiger partial charge on any atom is -0.393 e. The van der Waals surface area contributed by atoms with Crippen molar-refractivity contribution in [2.45, 2.75) is 46.3 Å². The highest BCUT2D eigenvalue weighted by atomic mass is 16.3. The number of hydrogen-bond acceptors (Lipinski definition) is 2. The van der Waals surface area contributed by atoms with Gasteiger partial charge in [0.15, 0.2) is 0 Å². The summed E-state index contributed by atoms with van der Waals surface area (Å²) >= 11 is 0. The van der Waals surface area contributed by atoms with E-state index in [0.29, 0.717) is 0 Å². The van der Waals surface area contributed by atoms with Crippen molar-refractivity contribution in [2.24, 2.45) is 0 Å². The van der Waals surface area contributed by atoms with Crippen LogP contribution in [0.25, 0.3) is 0 Å². The molecule has 2 N–H and O–H groups in total. The van der Waals surface area contributed by atoms with E-state index in [1.165, 1.54) is 16.7 Å². The van der Waals surface area contributed by atoms with E-state index in [2.05, 4.69) is 37.4 Å². The van der Waals surface area contributed by atoms with Gasteiger partial charge in [-0.25, -0.2) is 0 Å². The summed E-state index contributed by atoms with van der Waals surface area (Å²) in [5.41, 5.74) is 4.06. The summed E-state index contributed by atoms with van der Waals surface area (Å²) in [7, 11) is 0. The maximum absolute atomic E-state index is 9.41. The predicted molar refractivity (Wildman–Crippen MR) is 68.5 cm³/mol. The van der Waals surface area contributed by atoms with E-state index in [1.807, 2.05) is 6.92 Å². The molecule has 1 atom stereocenters. The van der Waals surface area contributed by atoms with Gasteiger partial charge in [0.05, 0.1) is 6.10 Å². The van der Waals surface area contributed by atoms with Crippen LogP contribution >= 0.6 is 0 Å². The number of rotatable bonds is 6. The summed E-state index contributed by atoms with van der Waals surface area (Å²) in [6.45, 7) is 8.08. The average molecular weight is 221 g/mol. The van der Waals surface area contributed by atoms with E-state index in [1.54, 1.807) is 0 Å². The Bertz CT molecular complexity index is 323. The molecule has 1 unspecified atom stereocenters. The molecule has 16 heavy (non-hydrogen) atoms. The topological polar surface area (TPSA) is 32.3 Å². The third-order valence-electron chi connectivity index (χ3n) is 3.16. The fourth-order valence-corrected chi connectivity index (χ4v) is 1.70. The van der Waals surface area contributed by atoms with Crippen molar-refractivity contribution in [3.63, 3.8) is 0 Å². The summed E-state index contributed by atoms with van der Waals surface area (Å²) in [5, 5.41) is 12.8. The van der Waals surface area contributed by atoms with Gasteiger partial charge in [-0.2, -0.15) is 0 Å². The van der Waals surface area contributed by atoms with Crippen LogP contribution in [0.2, 0.25) is 0 Å². The van der Waals surface area contributed by atoms with E-state index < -0.39 is 0 Å². The molecule has 0 bridgehead atoms. The van der Waals surface area contributed by atoms with Crippen molar-refractivity contribution < 1.29 is 5.11 Å². The highest BCUT2D eigenvalue weighted by Gasteiger charge is 2.02. The minimum absolute atomic E-state index is 0.161. The Morgan fingerprint density at radius 3 is 2.75 bits per heavy atom. The summed E-state index contributed by atoms with van der Waals surface area (Å²) < 4.78 is 0. The lowest BCUT2D eigenvalue weighted by atomic mass is 10.0. The molecule has 0 amide bonds. The molecule has 0 saturated carbocycles. The smallest absolute Gasteiger partial charge is 0.0549 e. The Labute approximate surface area is 98.7 Å². The first kappa shape index (κ1) is 13.2. The summed E-state index contributed by atoms with van der Waals surface area (Å²) in [6, 6.07) is 6.39. The molecule has 1 aromatic carbocycles. The molecule has 0 aromatic heterocycles. The second-order valence-corrected chi connectivity index (χ2v) is 4.39. The second kappa shape index (κ2) is 6.66. The van der Waals surface area contributed by atoms with Crippen LogP contribution in [0.4, 0.5) is 0 Å². The molecular formula is C14H23NO. The van der Waals surface area contributed by atoms with Crippen LogP contribution in [-0.2, 0) is 6.54 Å². The molecule has 1 rings (SSSR count). The highest BCUT2D eigenvalue weighted by Crippen LogP contribution is 2.12. The molecule has 0 aliphatic carbocycles. The van der Waals surface area contributed by atoms with Gasteiger partial charge in [-0.1, -0.05) is 25.1 Å². The highest BCUT2D eigenvalue weighted by molar-refractivity contribution is 5.32. The van der Waals surface area contributed by atoms with Crippen molar-refractivity contribution in [3.8, 4) is 0 Å². The minimum atomic E-state index is -0.161. The first-order valence-electron chi connectivity index (χ1n) is 6.09. The van der Waals surface area contributed by atoms with Gasteiger partial charge in [-0.05, 0) is 49.9 Å². The molecule has 0 aliphatic heterocycles. The van der Waals surface area contributed by atoms with Gasteiger partial charge in [-0.3, -0.25) is 0 Å². The average Bonchev–Trinajstić information content (AvgIpc) is 2.29. The fraction of sp³-hybridized carbons (Fsp3) is 0.571. The van der Waals surface area contributed by atoms with E-state index in [4.69, 9.17) is 0 Å². The molecule has 0 aliphatic rings. The molecule has 1 aromatic rings. The van der Waals surface area contributed by atoms with Crippen LogP contribution in [0.3, 0.4) is 0 Å². The fourth-order valence-electron chi connectivity index (χ4n) is 1.70. The van der Waals surface area contributed by atoms with E-state index in [-0.39, 0.29) is 6.10 Å². The Balaban J connectivity index is 2.35. The Morgan fingerprint density at radius 1 is 1.31 bits per heavy atom. The van der Waals surface area contributed by atoms with Gasteiger partial charge in [0.25, 0.3) is 0 Å². The lowest BCUT2D eigenvalue weighted by Gasteiger charge is -2.11. The maximum Gasteiger partial charge on any atom is 0.0549 e. The first-order valence-corrected chi connectivity index (χ1v) is 6.09. The summed E-state index contributed by atoms with van der Waals surface area (Å²) in [6.07, 6.45) is 1.51. The number of aliphatic hydroxyl groups is 1. The van der Waals surface area contributed by atoms with Gasteiger partial charge < -0.3 is 10.4 Å². The van der Waals surface area contributed by atoms with Crippen LogP contribution in [0.15, 0.2) is 18.2 Å². The Morgan fingerprint density at radius 2 is 2.06 bits per heavy atom. The number of benzene rings is 1. The molecule has 2 heteroatoms. The number of aryl methyl sites for hydroxylation is 1. The zero-order chi connectivity index (χ0) is 12.0. The largest absolute Gasteiger partial charge is 0.393 e. The number of nitrogens with one attached hydrogen (secondary N) is 1. The standard InChI is InChI=1S/C14H23NO/c1-4-14(16)8-9-15-10-13-7-5-6-11(2)12(13)3/h5-7,14-16H,4,8-10H2,1-3H3. The zero-order valence-electron chi connectivity index (χ0n) is 10.6. The van der Waals surface area contributed by atoms with E-state index in [0.717, 1.165) is 25.9 Å². The van der Waals surface area contributed by atoms with Gasteiger partial charge in [0.1, 0.15) is 0 Å². The van der Waals surface area contributed by atoms with Gasteiger partial charge >= 0.3 is 0 Å². The molecule has 2 nitrogen and oxygen atoms in total. The molecule has 0 spiro atoms. The van der Waals surface area contributed by atoms with Crippen molar-refractivity contribution in [2.75, 3.05) is 6.54 Å². The molecule has 0 heterocycles. The van der Waals surface area contributed by atoms with Gasteiger partial charge in [0, 0.05) is 6.54 Å². The Kier molecular flexibility index (Phi) is 5.50. The van der Waals surface area contributed by atoms with E-state index >= 15 is 0 Å². The predicted octanol–water partition coefficient (Wildman–Crippen LogP) is 2.55. The van der Waals surface area contributed by atoms with Crippen molar-refractivity contribution in [1.82, 2.24) is 5.32 Å². The summed E-state index contributed by atoms with van der Waals surface area (Å²) in [4.78, 5) is 0. The number of hydrogen-bond donors (Lipinski definition) is 2. The van der Waals surface area contributed by atoms with Crippen LogP contribution in [-0.4, -0.2) is 17.8 Å². The lowest BCUT2D eigenvalue weighted by molar-refractivity contribution is 0.159. The summed E-state index contributed by atoms with van der Waals surface area (Å²) in [5.74, 6) is 0. The van der Waals surface area contributed by atoms with Gasteiger partial charge in [-0.15, -0.1) is 0 Å². The number of aliphatic hydroxyl groups excluding tert-OH is 1. The third-order valence-corrected chi connectivity index (χ3v) is 3.16. The van der Waals surface area contributed by atoms with E-state index in [9.17, 15) is 5.11 Å². The molecule has 0 radical (unpaired) electrons. The normalized spacial score (nSPS) is 12.8. The monoisotopic (exact) mass is 221 g/mol. The molecule has 90 valence electrons. The lowest BCUT2D eigenvalue weighted by Crippen LogP contribution is -2.20. The van der Waals surface area contributed by atoms with Crippen LogP contribution in [0.5, 0.6) is 0 Å². The van der Waals surface area contributed by atoms with Crippen LogP contribution < -0.4 is 5.32 Å². The second-order valence-electron chi connectivity index (χ2n) is 4.39. The SMILES string of the molecule is CCC(O)CCNCc1cccc(C)c1C. The zero-order valence-corrected chi connectivity index (χ0v) is 10.6.